The third kappa shape index (κ3) is 4.26. The molecule has 1 aromatic carbocycles. The van der Waals surface area contributed by atoms with Crippen molar-refractivity contribution in [1.29, 1.82) is 0 Å². The number of hydrogen-bond acceptors (Lipinski definition) is 4. The van der Waals surface area contributed by atoms with Gasteiger partial charge in [0.25, 0.3) is 0 Å². The van der Waals surface area contributed by atoms with Gasteiger partial charge in [0.1, 0.15) is 18.0 Å². The maximum Gasteiger partial charge on any atom is 0.328 e. The Labute approximate surface area is 122 Å². The minimum absolute atomic E-state index is 0.241. The van der Waals surface area contributed by atoms with Crippen molar-refractivity contribution in [2.45, 2.75) is 31.4 Å². The molecular formula is C15H18FNO4. The second kappa shape index (κ2) is 7.17. The van der Waals surface area contributed by atoms with Crippen molar-refractivity contribution in [3.63, 3.8) is 0 Å². The first-order chi connectivity index (χ1) is 10.1. The zero-order chi connectivity index (χ0) is 15.2. The zero-order valence-electron chi connectivity index (χ0n) is 11.8. The predicted molar refractivity (Wildman–Crippen MR) is 73.0 cm³/mol. The van der Waals surface area contributed by atoms with Gasteiger partial charge in [-0.2, -0.15) is 0 Å². The highest BCUT2D eigenvalue weighted by atomic mass is 19.1. The summed E-state index contributed by atoms with van der Waals surface area (Å²) in [5.74, 6) is -1.20. The lowest BCUT2D eigenvalue weighted by atomic mass is 10.1. The van der Waals surface area contributed by atoms with Crippen molar-refractivity contribution in [3.05, 3.63) is 35.6 Å². The van der Waals surface area contributed by atoms with Crippen molar-refractivity contribution < 1.29 is 23.5 Å². The number of ether oxygens (including phenoxy) is 2. The van der Waals surface area contributed by atoms with E-state index < -0.39 is 18.1 Å². The van der Waals surface area contributed by atoms with Crippen molar-refractivity contribution in [1.82, 2.24) is 5.32 Å². The third-order valence-corrected chi connectivity index (χ3v) is 3.38. The maximum atomic E-state index is 12.9. The highest BCUT2D eigenvalue weighted by Crippen LogP contribution is 2.13. The van der Waals surface area contributed by atoms with E-state index in [9.17, 15) is 14.0 Å². The van der Waals surface area contributed by atoms with Gasteiger partial charge in [0, 0.05) is 13.0 Å². The number of rotatable bonds is 5. The molecule has 1 amide bonds. The van der Waals surface area contributed by atoms with Crippen LogP contribution in [0.3, 0.4) is 0 Å². The minimum Gasteiger partial charge on any atom is -0.467 e. The molecule has 2 atom stereocenters. The van der Waals surface area contributed by atoms with Crippen LogP contribution in [0.2, 0.25) is 0 Å². The highest BCUT2D eigenvalue weighted by molar-refractivity contribution is 5.87. The molecule has 5 nitrogen and oxygen atoms in total. The predicted octanol–water partition coefficient (Wildman–Crippen LogP) is 1.20. The first-order valence-electron chi connectivity index (χ1n) is 6.84. The Balaban J connectivity index is 2.01. The molecule has 2 rings (SSSR count). The number of benzene rings is 1. The lowest BCUT2D eigenvalue weighted by molar-refractivity contribution is -0.146. The molecule has 1 aliphatic heterocycles. The van der Waals surface area contributed by atoms with E-state index in [1.54, 1.807) is 12.1 Å². The number of carbonyl (C=O) groups excluding carboxylic acids is 2. The number of hydrogen-bond donors (Lipinski definition) is 1. The molecule has 1 aromatic rings. The van der Waals surface area contributed by atoms with Gasteiger partial charge in [-0.25, -0.2) is 9.18 Å². The van der Waals surface area contributed by atoms with E-state index in [1.807, 2.05) is 0 Å². The van der Waals surface area contributed by atoms with Crippen molar-refractivity contribution in [2.24, 2.45) is 0 Å². The normalized spacial score (nSPS) is 19.0. The van der Waals surface area contributed by atoms with Gasteiger partial charge in [-0.15, -0.1) is 0 Å². The van der Waals surface area contributed by atoms with E-state index >= 15 is 0 Å². The Hall–Kier alpha value is -1.95. The van der Waals surface area contributed by atoms with Gasteiger partial charge in [-0.3, -0.25) is 4.79 Å². The number of amides is 1. The molecule has 6 heteroatoms. The molecule has 1 saturated heterocycles. The van der Waals surface area contributed by atoms with Crippen molar-refractivity contribution in [3.8, 4) is 0 Å². The second-order valence-electron chi connectivity index (χ2n) is 4.92. The van der Waals surface area contributed by atoms with Crippen LogP contribution in [-0.2, 0) is 25.5 Å². The maximum absolute atomic E-state index is 12.9. The fraction of sp³-hybridized carbons (Fsp3) is 0.467. The van der Waals surface area contributed by atoms with Crippen LogP contribution in [0.5, 0.6) is 0 Å². The Morgan fingerprint density at radius 2 is 2.14 bits per heavy atom. The van der Waals surface area contributed by atoms with Gasteiger partial charge in [0.05, 0.1) is 7.11 Å². The fourth-order valence-electron chi connectivity index (χ4n) is 2.24. The quantitative estimate of drug-likeness (QED) is 0.829. The van der Waals surface area contributed by atoms with Gasteiger partial charge in [0.2, 0.25) is 5.91 Å². The molecule has 21 heavy (non-hydrogen) atoms. The van der Waals surface area contributed by atoms with E-state index in [0.29, 0.717) is 13.0 Å². The van der Waals surface area contributed by atoms with Crippen LogP contribution in [0.25, 0.3) is 0 Å². The Bertz CT molecular complexity index is 497. The van der Waals surface area contributed by atoms with Crippen molar-refractivity contribution >= 4 is 11.9 Å². The Morgan fingerprint density at radius 1 is 1.43 bits per heavy atom. The summed E-state index contributed by atoms with van der Waals surface area (Å²) in [6, 6.07) is 4.96. The van der Waals surface area contributed by atoms with Crippen LogP contribution in [-0.4, -0.2) is 37.7 Å². The van der Waals surface area contributed by atoms with Crippen molar-refractivity contribution in [2.75, 3.05) is 13.7 Å². The topological polar surface area (TPSA) is 64.6 Å². The average molecular weight is 295 g/mol. The monoisotopic (exact) mass is 295 g/mol. The largest absolute Gasteiger partial charge is 0.467 e. The second-order valence-corrected chi connectivity index (χ2v) is 4.92. The van der Waals surface area contributed by atoms with Gasteiger partial charge >= 0.3 is 5.97 Å². The van der Waals surface area contributed by atoms with E-state index in [0.717, 1.165) is 12.0 Å². The fourth-order valence-corrected chi connectivity index (χ4v) is 2.24. The molecule has 1 N–H and O–H groups in total. The number of esters is 1. The van der Waals surface area contributed by atoms with E-state index in [-0.39, 0.29) is 18.1 Å². The highest BCUT2D eigenvalue weighted by Gasteiger charge is 2.28. The van der Waals surface area contributed by atoms with Gasteiger partial charge in [-0.05, 0) is 30.5 Å². The molecule has 0 unspecified atom stereocenters. The summed E-state index contributed by atoms with van der Waals surface area (Å²) in [6.07, 6.45) is 1.21. The zero-order valence-corrected chi connectivity index (χ0v) is 11.8. The molecular weight excluding hydrogens is 277 g/mol. The van der Waals surface area contributed by atoms with E-state index in [4.69, 9.17) is 9.47 Å². The average Bonchev–Trinajstić information content (AvgIpc) is 3.02. The Kier molecular flexibility index (Phi) is 5.27. The molecule has 0 aromatic heterocycles. The first kappa shape index (κ1) is 15.4. The van der Waals surface area contributed by atoms with E-state index in [1.165, 1.54) is 19.2 Å². The number of carbonyl (C=O) groups is 2. The summed E-state index contributed by atoms with van der Waals surface area (Å²) in [7, 11) is 1.26. The molecule has 1 fully saturated rings. The summed E-state index contributed by atoms with van der Waals surface area (Å²) < 4.78 is 22.9. The SMILES string of the molecule is COC(=O)[C@@H](Cc1ccc(F)cc1)NC(=O)[C@@H]1CCCO1. The van der Waals surface area contributed by atoms with Crippen LogP contribution >= 0.6 is 0 Å². The van der Waals surface area contributed by atoms with Crippen LogP contribution in [0.1, 0.15) is 18.4 Å². The summed E-state index contributed by atoms with van der Waals surface area (Å²) in [5, 5.41) is 2.64. The lowest BCUT2D eigenvalue weighted by Crippen LogP contribution is -2.47. The van der Waals surface area contributed by atoms with Crippen LogP contribution in [0.15, 0.2) is 24.3 Å². The molecule has 0 saturated carbocycles. The minimum atomic E-state index is -0.808. The molecule has 114 valence electrons. The summed E-state index contributed by atoms with van der Waals surface area (Å²) in [4.78, 5) is 23.8. The first-order valence-corrected chi connectivity index (χ1v) is 6.84. The van der Waals surface area contributed by atoms with Gasteiger partial charge < -0.3 is 14.8 Å². The standard InChI is InChI=1S/C15H18FNO4/c1-20-15(19)12(9-10-4-6-11(16)7-5-10)17-14(18)13-3-2-8-21-13/h4-7,12-13H,2-3,8-9H2,1H3,(H,17,18)/t12-,13+/m1/s1. The van der Waals surface area contributed by atoms with Gasteiger partial charge in [0.15, 0.2) is 0 Å². The lowest BCUT2D eigenvalue weighted by Gasteiger charge is -2.18. The van der Waals surface area contributed by atoms with Crippen LogP contribution < -0.4 is 5.32 Å². The van der Waals surface area contributed by atoms with Crippen LogP contribution in [0.4, 0.5) is 4.39 Å². The molecule has 0 spiro atoms. The molecule has 0 bridgehead atoms. The number of methoxy groups -OCH3 is 1. The van der Waals surface area contributed by atoms with Gasteiger partial charge in [-0.1, -0.05) is 12.1 Å². The van der Waals surface area contributed by atoms with E-state index in [2.05, 4.69) is 5.32 Å². The number of halogens is 1. The number of nitrogens with one attached hydrogen (secondary N) is 1. The summed E-state index contributed by atoms with van der Waals surface area (Å²) in [6.45, 7) is 0.555. The smallest absolute Gasteiger partial charge is 0.328 e. The molecule has 1 heterocycles. The Morgan fingerprint density at radius 3 is 2.71 bits per heavy atom. The summed E-state index contributed by atoms with van der Waals surface area (Å²) in [5.41, 5.74) is 0.736. The van der Waals surface area contributed by atoms with Crippen LogP contribution in [0, 0.1) is 5.82 Å². The third-order valence-electron chi connectivity index (χ3n) is 3.38. The summed E-state index contributed by atoms with van der Waals surface area (Å²) >= 11 is 0. The molecule has 0 radical (unpaired) electrons. The molecule has 0 aliphatic carbocycles. The molecule has 1 aliphatic rings.